The Labute approximate surface area is 143 Å². The van der Waals surface area contributed by atoms with Crippen molar-refractivity contribution < 1.29 is 0 Å². The molecule has 0 bridgehead atoms. The third-order valence-corrected chi connectivity index (χ3v) is 4.14. The number of rotatable bonds is 7. The molecule has 1 aromatic rings. The topological polar surface area (TPSA) is 30.7 Å². The van der Waals surface area contributed by atoms with Gasteiger partial charge in [0.25, 0.3) is 0 Å². The third kappa shape index (κ3) is 7.20. The summed E-state index contributed by atoms with van der Waals surface area (Å²) in [4.78, 5) is 0. The summed E-state index contributed by atoms with van der Waals surface area (Å²) in [5.41, 5.74) is 1.47. The van der Waals surface area contributed by atoms with Crippen molar-refractivity contribution in [2.45, 2.75) is 86.6 Å². The normalized spacial score (nSPS) is 15.2. The molecule has 2 atom stereocenters. The van der Waals surface area contributed by atoms with Crippen LogP contribution < -0.4 is 0 Å². The summed E-state index contributed by atoms with van der Waals surface area (Å²) in [6, 6.07) is -0.0458. The Morgan fingerprint density at radius 3 is 2.35 bits per heavy atom. The van der Waals surface area contributed by atoms with Crippen LogP contribution in [0.4, 0.5) is 0 Å². The van der Waals surface area contributed by atoms with Gasteiger partial charge in [-0.25, -0.2) is 4.68 Å². The lowest BCUT2D eigenvalue weighted by atomic mass is 9.83. The van der Waals surface area contributed by atoms with E-state index >= 15 is 0 Å². The molecule has 1 unspecified atom stereocenters. The number of aromatic nitrogens is 3. The number of hydrogen-bond donors (Lipinski definition) is 0. The first-order chi connectivity index (χ1) is 10.5. The Bertz CT molecular complexity index is 508. The molecule has 1 rings (SSSR count). The van der Waals surface area contributed by atoms with E-state index in [-0.39, 0.29) is 11.5 Å². The SMILES string of the molecule is C#C[C@@H](n1cc(CCCCC(C)CC(C)(C)C)nn1)C(C)(C)C. The first-order valence-corrected chi connectivity index (χ1v) is 8.90. The van der Waals surface area contributed by atoms with Crippen LogP contribution in [0.3, 0.4) is 0 Å². The molecule has 130 valence electrons. The maximum atomic E-state index is 5.67. The van der Waals surface area contributed by atoms with Gasteiger partial charge < -0.3 is 0 Å². The fraction of sp³-hybridized carbons (Fsp3) is 0.800. The quantitative estimate of drug-likeness (QED) is 0.506. The lowest BCUT2D eigenvalue weighted by Crippen LogP contribution is -2.23. The average molecular weight is 318 g/mol. The first kappa shape index (κ1) is 19.7. The highest BCUT2D eigenvalue weighted by Crippen LogP contribution is 2.29. The van der Waals surface area contributed by atoms with Crippen molar-refractivity contribution in [3.8, 4) is 12.3 Å². The molecule has 0 aliphatic rings. The molecule has 0 aliphatic carbocycles. The summed E-state index contributed by atoms with van der Waals surface area (Å²) in [6.45, 7) is 15.7. The van der Waals surface area contributed by atoms with Gasteiger partial charge in [0.1, 0.15) is 6.04 Å². The minimum Gasteiger partial charge on any atom is -0.237 e. The molecule has 23 heavy (non-hydrogen) atoms. The predicted molar refractivity (Wildman–Crippen MR) is 98.1 cm³/mol. The molecule has 0 saturated heterocycles. The van der Waals surface area contributed by atoms with E-state index in [0.717, 1.165) is 18.0 Å². The summed E-state index contributed by atoms with van der Waals surface area (Å²) in [7, 11) is 0. The van der Waals surface area contributed by atoms with E-state index in [2.05, 4.69) is 64.7 Å². The molecule has 0 aliphatic heterocycles. The van der Waals surface area contributed by atoms with Crippen LogP contribution in [0.5, 0.6) is 0 Å². The zero-order chi connectivity index (χ0) is 17.7. The van der Waals surface area contributed by atoms with E-state index in [9.17, 15) is 0 Å². The molecule has 0 N–H and O–H groups in total. The maximum absolute atomic E-state index is 5.67. The van der Waals surface area contributed by atoms with Gasteiger partial charge in [-0.2, -0.15) is 0 Å². The molecule has 0 amide bonds. The molecular weight excluding hydrogens is 282 g/mol. The van der Waals surface area contributed by atoms with Crippen LogP contribution in [0.2, 0.25) is 0 Å². The summed E-state index contributed by atoms with van der Waals surface area (Å²) < 4.78 is 1.84. The number of unbranched alkanes of at least 4 members (excludes halogenated alkanes) is 1. The summed E-state index contributed by atoms with van der Waals surface area (Å²) >= 11 is 0. The molecule has 1 aromatic heterocycles. The highest BCUT2D eigenvalue weighted by atomic mass is 15.4. The van der Waals surface area contributed by atoms with Gasteiger partial charge in [-0.15, -0.1) is 11.5 Å². The fourth-order valence-electron chi connectivity index (χ4n) is 3.22. The molecule has 3 nitrogen and oxygen atoms in total. The average Bonchev–Trinajstić information content (AvgIpc) is 2.80. The largest absolute Gasteiger partial charge is 0.237 e. The number of hydrogen-bond acceptors (Lipinski definition) is 2. The van der Waals surface area contributed by atoms with Gasteiger partial charge >= 0.3 is 0 Å². The molecule has 1 heterocycles. The van der Waals surface area contributed by atoms with Crippen molar-refractivity contribution in [3.63, 3.8) is 0 Å². The van der Waals surface area contributed by atoms with Crippen LogP contribution in [0, 0.1) is 29.1 Å². The standard InChI is InChI=1S/C20H35N3/c1-9-18(20(6,7)8)23-15-17(21-22-23)13-11-10-12-16(2)14-19(3,4)5/h1,15-16,18H,10-14H2,2-8H3/t16?,18-/m1/s1. The Kier molecular flexibility index (Phi) is 6.86. The van der Waals surface area contributed by atoms with Crippen LogP contribution in [0.1, 0.15) is 85.9 Å². The first-order valence-electron chi connectivity index (χ1n) is 8.90. The van der Waals surface area contributed by atoms with Crippen molar-refractivity contribution in [1.82, 2.24) is 15.0 Å². The molecule has 0 spiro atoms. The van der Waals surface area contributed by atoms with E-state index in [4.69, 9.17) is 6.42 Å². The Morgan fingerprint density at radius 1 is 1.17 bits per heavy atom. The number of terminal acetylenes is 1. The summed E-state index contributed by atoms with van der Waals surface area (Å²) in [5, 5.41) is 8.53. The Morgan fingerprint density at radius 2 is 1.83 bits per heavy atom. The van der Waals surface area contributed by atoms with Gasteiger partial charge in [0.2, 0.25) is 0 Å². The van der Waals surface area contributed by atoms with Crippen LogP contribution in [-0.4, -0.2) is 15.0 Å². The second-order valence-electron chi connectivity index (χ2n) is 9.24. The van der Waals surface area contributed by atoms with Crippen molar-refractivity contribution in [3.05, 3.63) is 11.9 Å². The predicted octanol–water partition coefficient (Wildman–Crippen LogP) is 5.28. The van der Waals surface area contributed by atoms with Gasteiger partial charge in [-0.1, -0.05) is 72.4 Å². The molecular formula is C20H35N3. The lowest BCUT2D eigenvalue weighted by molar-refractivity contribution is 0.280. The Hall–Kier alpha value is -1.30. The van der Waals surface area contributed by atoms with E-state index in [1.807, 2.05) is 10.9 Å². The number of aryl methyl sites for hydroxylation is 1. The molecule has 0 aromatic carbocycles. The van der Waals surface area contributed by atoms with Crippen molar-refractivity contribution in [2.24, 2.45) is 16.7 Å². The molecule has 0 saturated carbocycles. The van der Waals surface area contributed by atoms with Gasteiger partial charge in [0.05, 0.1) is 5.69 Å². The molecule has 3 heteroatoms. The zero-order valence-corrected chi connectivity index (χ0v) is 16.2. The van der Waals surface area contributed by atoms with Crippen LogP contribution in [0.25, 0.3) is 0 Å². The second kappa shape index (κ2) is 7.99. The monoisotopic (exact) mass is 317 g/mol. The van der Waals surface area contributed by atoms with Gasteiger partial charge in [-0.3, -0.25) is 0 Å². The summed E-state index contributed by atoms with van der Waals surface area (Å²) in [5.74, 6) is 3.63. The minimum absolute atomic E-state index is 0.0118. The van der Waals surface area contributed by atoms with E-state index < -0.39 is 0 Å². The van der Waals surface area contributed by atoms with E-state index in [1.165, 1.54) is 25.7 Å². The molecule has 0 fully saturated rings. The number of nitrogens with zero attached hydrogens (tertiary/aromatic N) is 3. The minimum atomic E-state index is -0.0458. The Balaban J connectivity index is 2.42. The van der Waals surface area contributed by atoms with Crippen molar-refractivity contribution in [2.75, 3.05) is 0 Å². The van der Waals surface area contributed by atoms with Crippen molar-refractivity contribution >= 4 is 0 Å². The van der Waals surface area contributed by atoms with Crippen LogP contribution in [-0.2, 0) is 6.42 Å². The highest BCUT2D eigenvalue weighted by Gasteiger charge is 2.25. The molecule has 0 radical (unpaired) electrons. The van der Waals surface area contributed by atoms with Crippen LogP contribution in [0.15, 0.2) is 6.20 Å². The highest BCUT2D eigenvalue weighted by molar-refractivity contribution is 5.05. The fourth-order valence-corrected chi connectivity index (χ4v) is 3.22. The summed E-state index contributed by atoms with van der Waals surface area (Å²) in [6.07, 6.45) is 13.7. The lowest BCUT2D eigenvalue weighted by Gasteiger charge is -2.25. The maximum Gasteiger partial charge on any atom is 0.118 e. The van der Waals surface area contributed by atoms with E-state index in [1.54, 1.807) is 0 Å². The van der Waals surface area contributed by atoms with Gasteiger partial charge in [0, 0.05) is 6.20 Å². The van der Waals surface area contributed by atoms with Gasteiger partial charge in [-0.05, 0) is 36.0 Å². The van der Waals surface area contributed by atoms with E-state index in [0.29, 0.717) is 5.41 Å². The zero-order valence-electron chi connectivity index (χ0n) is 16.2. The van der Waals surface area contributed by atoms with Gasteiger partial charge in [0.15, 0.2) is 0 Å². The third-order valence-electron chi connectivity index (χ3n) is 4.14. The van der Waals surface area contributed by atoms with Crippen molar-refractivity contribution in [1.29, 1.82) is 0 Å². The van der Waals surface area contributed by atoms with Crippen LogP contribution >= 0.6 is 0 Å². The smallest absolute Gasteiger partial charge is 0.118 e. The second-order valence-corrected chi connectivity index (χ2v) is 9.24.